The van der Waals surface area contributed by atoms with E-state index in [0.717, 1.165) is 16.9 Å². The number of aromatic nitrogens is 2. The molecule has 0 atom stereocenters. The zero-order valence-electron chi connectivity index (χ0n) is 11.6. The van der Waals surface area contributed by atoms with E-state index in [9.17, 15) is 0 Å². The van der Waals surface area contributed by atoms with Gasteiger partial charge in [-0.1, -0.05) is 47.6 Å². The van der Waals surface area contributed by atoms with Crippen molar-refractivity contribution >= 4 is 12.2 Å². The number of ether oxygens (including phenoxy) is 1. The molecular weight excluding hydrogens is 264 g/mol. The lowest BCUT2D eigenvalue weighted by atomic mass is 10.2. The Morgan fingerprint density at radius 2 is 1.86 bits per heavy atom. The molecule has 0 spiro atoms. The van der Waals surface area contributed by atoms with Crippen molar-refractivity contribution in [1.82, 2.24) is 10.1 Å². The molecule has 0 aliphatic carbocycles. The lowest BCUT2D eigenvalue weighted by Crippen LogP contribution is -1.83. The lowest BCUT2D eigenvalue weighted by Gasteiger charge is -1.99. The predicted molar refractivity (Wildman–Crippen MR) is 81.7 cm³/mol. The molecule has 4 nitrogen and oxygen atoms in total. The van der Waals surface area contributed by atoms with Gasteiger partial charge in [-0.2, -0.15) is 4.98 Å². The summed E-state index contributed by atoms with van der Waals surface area (Å²) in [5.74, 6) is 1.77. The smallest absolute Gasteiger partial charge is 0.258 e. The van der Waals surface area contributed by atoms with Crippen molar-refractivity contribution in [3.63, 3.8) is 0 Å². The van der Waals surface area contributed by atoms with Crippen LogP contribution in [0.15, 0.2) is 59.1 Å². The highest BCUT2D eigenvalue weighted by Crippen LogP contribution is 2.22. The number of benzene rings is 2. The predicted octanol–water partition coefficient (Wildman–Crippen LogP) is 3.92. The third-order valence-corrected chi connectivity index (χ3v) is 2.98. The number of methoxy groups -OCH3 is 1. The van der Waals surface area contributed by atoms with Gasteiger partial charge in [-0.15, -0.1) is 0 Å². The SMILES string of the molecule is COc1cccc(-c2nc(/C=C/c3ccccc3)no2)c1. The average molecular weight is 278 g/mol. The van der Waals surface area contributed by atoms with Crippen LogP contribution in [0.5, 0.6) is 5.75 Å². The fourth-order valence-electron chi connectivity index (χ4n) is 1.91. The van der Waals surface area contributed by atoms with Gasteiger partial charge in [-0.25, -0.2) is 0 Å². The van der Waals surface area contributed by atoms with Crippen LogP contribution in [0.4, 0.5) is 0 Å². The van der Waals surface area contributed by atoms with Crippen molar-refractivity contribution in [3.05, 3.63) is 66.0 Å². The van der Waals surface area contributed by atoms with Gasteiger partial charge < -0.3 is 9.26 Å². The third kappa shape index (κ3) is 3.17. The molecule has 4 heteroatoms. The van der Waals surface area contributed by atoms with Gasteiger partial charge in [0.05, 0.1) is 7.11 Å². The second-order valence-electron chi connectivity index (χ2n) is 4.43. The van der Waals surface area contributed by atoms with Crippen LogP contribution >= 0.6 is 0 Å². The van der Waals surface area contributed by atoms with E-state index in [1.807, 2.05) is 66.7 Å². The van der Waals surface area contributed by atoms with Gasteiger partial charge in [0.1, 0.15) is 5.75 Å². The molecule has 1 aromatic heterocycles. The maximum Gasteiger partial charge on any atom is 0.258 e. The Kier molecular flexibility index (Phi) is 3.78. The first-order valence-electron chi connectivity index (χ1n) is 6.56. The van der Waals surface area contributed by atoms with E-state index in [4.69, 9.17) is 9.26 Å². The summed E-state index contributed by atoms with van der Waals surface area (Å²) in [6, 6.07) is 17.5. The van der Waals surface area contributed by atoms with Crippen LogP contribution in [-0.4, -0.2) is 17.3 Å². The first-order valence-corrected chi connectivity index (χ1v) is 6.56. The highest BCUT2D eigenvalue weighted by molar-refractivity contribution is 5.67. The second kappa shape index (κ2) is 6.05. The molecule has 0 N–H and O–H groups in total. The molecule has 0 aliphatic rings. The van der Waals surface area contributed by atoms with Gasteiger partial charge in [0.15, 0.2) is 5.82 Å². The average Bonchev–Trinajstić information content (AvgIpc) is 3.03. The summed E-state index contributed by atoms with van der Waals surface area (Å²) >= 11 is 0. The zero-order valence-corrected chi connectivity index (χ0v) is 11.6. The Morgan fingerprint density at radius 3 is 2.67 bits per heavy atom. The normalized spacial score (nSPS) is 10.9. The molecule has 104 valence electrons. The van der Waals surface area contributed by atoms with Gasteiger partial charge in [-0.3, -0.25) is 0 Å². The number of rotatable bonds is 4. The van der Waals surface area contributed by atoms with Gasteiger partial charge in [0, 0.05) is 5.56 Å². The van der Waals surface area contributed by atoms with Crippen LogP contribution in [0.1, 0.15) is 11.4 Å². The molecule has 3 rings (SSSR count). The fraction of sp³-hybridized carbons (Fsp3) is 0.0588. The summed E-state index contributed by atoms with van der Waals surface area (Å²) in [4.78, 5) is 4.35. The van der Waals surface area contributed by atoms with Crippen molar-refractivity contribution in [3.8, 4) is 17.2 Å². The summed E-state index contributed by atoms with van der Waals surface area (Å²) in [6.07, 6.45) is 3.77. The summed E-state index contributed by atoms with van der Waals surface area (Å²) < 4.78 is 10.5. The molecule has 0 aliphatic heterocycles. The van der Waals surface area contributed by atoms with Gasteiger partial charge in [0.2, 0.25) is 0 Å². The Hall–Kier alpha value is -2.88. The van der Waals surface area contributed by atoms with Crippen molar-refractivity contribution in [2.75, 3.05) is 7.11 Å². The molecule has 0 fully saturated rings. The number of hydrogen-bond donors (Lipinski definition) is 0. The summed E-state index contributed by atoms with van der Waals surface area (Å²) in [5.41, 5.74) is 1.92. The maximum absolute atomic E-state index is 5.27. The number of hydrogen-bond acceptors (Lipinski definition) is 4. The zero-order chi connectivity index (χ0) is 14.5. The first kappa shape index (κ1) is 13.1. The molecular formula is C17H14N2O2. The largest absolute Gasteiger partial charge is 0.497 e. The minimum atomic E-state index is 0.474. The molecule has 1 heterocycles. The summed E-state index contributed by atoms with van der Waals surface area (Å²) in [5, 5.41) is 3.95. The molecule has 3 aromatic rings. The molecule has 2 aromatic carbocycles. The third-order valence-electron chi connectivity index (χ3n) is 2.98. The second-order valence-corrected chi connectivity index (χ2v) is 4.43. The molecule has 0 bridgehead atoms. The Balaban J connectivity index is 1.81. The standard InChI is InChI=1S/C17H14N2O2/c1-20-15-9-5-8-14(12-15)17-18-16(19-21-17)11-10-13-6-3-2-4-7-13/h2-12H,1H3/b11-10+. The molecule has 0 saturated carbocycles. The van der Waals surface area contributed by atoms with E-state index in [-0.39, 0.29) is 0 Å². The minimum Gasteiger partial charge on any atom is -0.497 e. The van der Waals surface area contributed by atoms with Crippen LogP contribution in [0.25, 0.3) is 23.6 Å². The van der Waals surface area contributed by atoms with Crippen LogP contribution < -0.4 is 4.74 Å². The molecule has 0 amide bonds. The highest BCUT2D eigenvalue weighted by Gasteiger charge is 2.07. The molecule has 0 saturated heterocycles. The summed E-state index contributed by atoms with van der Waals surface area (Å²) in [6.45, 7) is 0. The molecule has 0 radical (unpaired) electrons. The van der Waals surface area contributed by atoms with Crippen molar-refractivity contribution < 1.29 is 9.26 Å². The van der Waals surface area contributed by atoms with E-state index < -0.39 is 0 Å². The van der Waals surface area contributed by atoms with E-state index in [0.29, 0.717) is 11.7 Å². The Morgan fingerprint density at radius 1 is 1.00 bits per heavy atom. The van der Waals surface area contributed by atoms with E-state index in [1.165, 1.54) is 0 Å². The summed E-state index contributed by atoms with van der Waals surface area (Å²) in [7, 11) is 1.63. The quantitative estimate of drug-likeness (QED) is 0.725. The van der Waals surface area contributed by atoms with Crippen molar-refractivity contribution in [1.29, 1.82) is 0 Å². The fourth-order valence-corrected chi connectivity index (χ4v) is 1.91. The lowest BCUT2D eigenvalue weighted by molar-refractivity contribution is 0.413. The van der Waals surface area contributed by atoms with E-state index in [1.54, 1.807) is 7.11 Å². The van der Waals surface area contributed by atoms with Gasteiger partial charge in [0.25, 0.3) is 5.89 Å². The monoisotopic (exact) mass is 278 g/mol. The molecule has 21 heavy (non-hydrogen) atoms. The molecule has 0 unspecified atom stereocenters. The van der Waals surface area contributed by atoms with E-state index >= 15 is 0 Å². The maximum atomic E-state index is 5.27. The Labute approximate surface area is 122 Å². The van der Waals surface area contributed by atoms with Gasteiger partial charge in [-0.05, 0) is 29.8 Å². The van der Waals surface area contributed by atoms with Crippen LogP contribution in [0, 0.1) is 0 Å². The highest BCUT2D eigenvalue weighted by atomic mass is 16.5. The van der Waals surface area contributed by atoms with E-state index in [2.05, 4.69) is 10.1 Å². The van der Waals surface area contributed by atoms with Crippen molar-refractivity contribution in [2.45, 2.75) is 0 Å². The van der Waals surface area contributed by atoms with Gasteiger partial charge >= 0.3 is 0 Å². The van der Waals surface area contributed by atoms with Crippen LogP contribution in [0.3, 0.4) is 0 Å². The Bertz CT molecular complexity index is 748. The van der Waals surface area contributed by atoms with Crippen molar-refractivity contribution in [2.24, 2.45) is 0 Å². The minimum absolute atomic E-state index is 0.474. The first-order chi connectivity index (χ1) is 10.3. The van der Waals surface area contributed by atoms with Crippen LogP contribution in [0.2, 0.25) is 0 Å². The topological polar surface area (TPSA) is 48.2 Å². The van der Waals surface area contributed by atoms with Crippen LogP contribution in [-0.2, 0) is 0 Å². The number of nitrogens with zero attached hydrogens (tertiary/aromatic N) is 2.